The van der Waals surface area contributed by atoms with Crippen LogP contribution in [-0.2, 0) is 6.42 Å². The van der Waals surface area contributed by atoms with Gasteiger partial charge < -0.3 is 10.2 Å². The number of carbonyl (C=O) groups is 2. The molecule has 0 spiro atoms. The lowest BCUT2D eigenvalue weighted by molar-refractivity contribution is 0.0718. The van der Waals surface area contributed by atoms with E-state index >= 15 is 0 Å². The second-order valence-electron chi connectivity index (χ2n) is 6.68. The minimum Gasteiger partial charge on any atom is -0.337 e. The number of hydrogen-bond donors (Lipinski definition) is 1. The Morgan fingerprint density at radius 3 is 2.46 bits per heavy atom. The molecule has 0 radical (unpaired) electrons. The summed E-state index contributed by atoms with van der Waals surface area (Å²) < 4.78 is 0. The molecule has 5 nitrogen and oxygen atoms in total. The van der Waals surface area contributed by atoms with Crippen molar-refractivity contribution in [2.75, 3.05) is 18.4 Å². The molecule has 1 N–H and O–H groups in total. The number of carbonyl (C=O) groups excluding carboxylic acids is 2. The fraction of sp³-hybridized carbons (Fsp3) is 0.381. The summed E-state index contributed by atoms with van der Waals surface area (Å²) in [5.41, 5.74) is 3.52. The van der Waals surface area contributed by atoms with Gasteiger partial charge in [0.05, 0.1) is 0 Å². The van der Waals surface area contributed by atoms with Crippen LogP contribution in [0.3, 0.4) is 0 Å². The number of likely N-dealkylation sites (tertiary alicyclic amines) is 1. The Hall–Kier alpha value is -2.69. The maximum Gasteiger partial charge on any atom is 0.274 e. The molecule has 1 fully saturated rings. The van der Waals surface area contributed by atoms with Gasteiger partial charge in [0.2, 0.25) is 0 Å². The molecular weight excluding hydrogens is 326 g/mol. The average molecular weight is 351 g/mol. The maximum atomic E-state index is 12.7. The highest BCUT2D eigenvalue weighted by molar-refractivity contribution is 6.04. The number of aryl methyl sites for hydroxylation is 2. The number of piperidine rings is 1. The highest BCUT2D eigenvalue weighted by Crippen LogP contribution is 2.22. The molecular formula is C21H25N3O2. The first kappa shape index (κ1) is 18.1. The van der Waals surface area contributed by atoms with Crippen molar-refractivity contribution in [3.05, 3.63) is 58.9 Å². The first-order chi connectivity index (χ1) is 12.6. The first-order valence-electron chi connectivity index (χ1n) is 9.26. The van der Waals surface area contributed by atoms with Gasteiger partial charge in [-0.05, 0) is 55.9 Å². The van der Waals surface area contributed by atoms with Gasteiger partial charge in [0, 0.05) is 18.8 Å². The molecule has 0 aliphatic carbocycles. The average Bonchev–Trinajstić information content (AvgIpc) is 2.69. The van der Waals surface area contributed by atoms with E-state index in [1.807, 2.05) is 30.0 Å². The van der Waals surface area contributed by atoms with Crippen LogP contribution in [0.5, 0.6) is 0 Å². The molecule has 0 unspecified atom stereocenters. The molecule has 1 saturated heterocycles. The van der Waals surface area contributed by atoms with Crippen molar-refractivity contribution in [3.63, 3.8) is 0 Å². The van der Waals surface area contributed by atoms with Gasteiger partial charge >= 0.3 is 0 Å². The topological polar surface area (TPSA) is 62.3 Å². The molecule has 3 rings (SSSR count). The molecule has 1 aromatic heterocycles. The number of anilines is 1. The van der Waals surface area contributed by atoms with E-state index in [9.17, 15) is 9.59 Å². The zero-order valence-electron chi connectivity index (χ0n) is 15.4. The molecule has 1 aliphatic heterocycles. The second-order valence-corrected chi connectivity index (χ2v) is 6.68. The van der Waals surface area contributed by atoms with Crippen LogP contribution in [0.4, 0.5) is 5.69 Å². The van der Waals surface area contributed by atoms with Gasteiger partial charge in [-0.2, -0.15) is 0 Å². The zero-order chi connectivity index (χ0) is 18.5. The third-order valence-electron chi connectivity index (χ3n) is 4.82. The lowest BCUT2D eigenvalue weighted by atomic mass is 10.1. The summed E-state index contributed by atoms with van der Waals surface area (Å²) in [6.45, 7) is 5.55. The van der Waals surface area contributed by atoms with Crippen molar-refractivity contribution >= 4 is 17.5 Å². The third-order valence-corrected chi connectivity index (χ3v) is 4.82. The summed E-state index contributed by atoms with van der Waals surface area (Å²) >= 11 is 0. The molecule has 0 atom stereocenters. The number of nitrogens with one attached hydrogen (secondary N) is 1. The Labute approximate surface area is 154 Å². The van der Waals surface area contributed by atoms with Crippen LogP contribution < -0.4 is 5.32 Å². The summed E-state index contributed by atoms with van der Waals surface area (Å²) in [6.07, 6.45) is 4.05. The Morgan fingerprint density at radius 2 is 1.73 bits per heavy atom. The van der Waals surface area contributed by atoms with E-state index in [-0.39, 0.29) is 17.5 Å². The number of para-hydroxylation sites is 1. The number of nitrogens with zero attached hydrogens (tertiary/aromatic N) is 2. The number of hydrogen-bond acceptors (Lipinski definition) is 3. The van der Waals surface area contributed by atoms with Crippen LogP contribution in [0, 0.1) is 6.92 Å². The quantitative estimate of drug-likeness (QED) is 0.910. The van der Waals surface area contributed by atoms with E-state index in [1.165, 1.54) is 0 Å². The Morgan fingerprint density at radius 1 is 1.04 bits per heavy atom. The largest absolute Gasteiger partial charge is 0.337 e. The SMILES string of the molecule is CCc1cccc(C)c1NC(=O)c1cccc(C(=O)N2CCCCC2)n1. The number of rotatable bonds is 4. The van der Waals surface area contributed by atoms with E-state index in [0.29, 0.717) is 5.69 Å². The van der Waals surface area contributed by atoms with E-state index in [1.54, 1.807) is 18.2 Å². The summed E-state index contributed by atoms with van der Waals surface area (Å²) in [5, 5.41) is 2.97. The summed E-state index contributed by atoms with van der Waals surface area (Å²) in [5.74, 6) is -0.383. The maximum absolute atomic E-state index is 12.7. The molecule has 0 saturated carbocycles. The molecule has 1 aliphatic rings. The molecule has 2 amide bonds. The van der Waals surface area contributed by atoms with E-state index in [0.717, 1.165) is 55.6 Å². The van der Waals surface area contributed by atoms with Crippen molar-refractivity contribution in [1.82, 2.24) is 9.88 Å². The lowest BCUT2D eigenvalue weighted by Crippen LogP contribution is -2.36. The predicted molar refractivity (Wildman–Crippen MR) is 103 cm³/mol. The van der Waals surface area contributed by atoms with E-state index < -0.39 is 0 Å². The van der Waals surface area contributed by atoms with Gasteiger partial charge in [0.25, 0.3) is 11.8 Å². The normalized spacial score (nSPS) is 14.2. The standard InChI is InChI=1S/C21H25N3O2/c1-3-16-10-7-9-15(2)19(16)23-20(25)17-11-8-12-18(22-17)21(26)24-13-5-4-6-14-24/h7-12H,3-6,13-14H2,1-2H3,(H,23,25). The highest BCUT2D eigenvalue weighted by atomic mass is 16.2. The second kappa shape index (κ2) is 8.13. The number of amides is 2. The zero-order valence-corrected chi connectivity index (χ0v) is 15.4. The molecule has 1 aromatic carbocycles. The van der Waals surface area contributed by atoms with E-state index in [2.05, 4.69) is 17.2 Å². The predicted octanol–water partition coefficient (Wildman–Crippen LogP) is 3.83. The van der Waals surface area contributed by atoms with Crippen molar-refractivity contribution in [2.24, 2.45) is 0 Å². The van der Waals surface area contributed by atoms with Crippen LogP contribution in [0.15, 0.2) is 36.4 Å². The van der Waals surface area contributed by atoms with Gasteiger partial charge in [-0.1, -0.05) is 31.2 Å². The Bertz CT molecular complexity index is 811. The monoisotopic (exact) mass is 351 g/mol. The summed E-state index contributed by atoms with van der Waals surface area (Å²) in [7, 11) is 0. The van der Waals surface area contributed by atoms with Gasteiger partial charge in [-0.3, -0.25) is 9.59 Å². The van der Waals surface area contributed by atoms with Gasteiger partial charge in [-0.25, -0.2) is 4.98 Å². The van der Waals surface area contributed by atoms with Crippen LogP contribution in [0.2, 0.25) is 0 Å². The number of benzene rings is 1. The smallest absolute Gasteiger partial charge is 0.274 e. The molecule has 0 bridgehead atoms. The van der Waals surface area contributed by atoms with Crippen molar-refractivity contribution in [2.45, 2.75) is 39.5 Å². The molecule has 136 valence electrons. The Kier molecular flexibility index (Phi) is 5.66. The fourth-order valence-corrected chi connectivity index (χ4v) is 3.32. The number of pyridine rings is 1. The number of aromatic nitrogens is 1. The van der Waals surface area contributed by atoms with Crippen LogP contribution in [0.1, 0.15) is 58.3 Å². The van der Waals surface area contributed by atoms with Gasteiger partial charge in [-0.15, -0.1) is 0 Å². The van der Waals surface area contributed by atoms with Crippen molar-refractivity contribution in [3.8, 4) is 0 Å². The molecule has 2 aromatic rings. The van der Waals surface area contributed by atoms with Crippen LogP contribution in [0.25, 0.3) is 0 Å². The lowest BCUT2D eigenvalue weighted by Gasteiger charge is -2.26. The van der Waals surface area contributed by atoms with Gasteiger partial charge in [0.15, 0.2) is 0 Å². The third kappa shape index (κ3) is 3.93. The van der Waals surface area contributed by atoms with E-state index in [4.69, 9.17) is 0 Å². The minimum atomic E-state index is -0.290. The molecule has 2 heterocycles. The van der Waals surface area contributed by atoms with Crippen molar-refractivity contribution in [1.29, 1.82) is 0 Å². The molecule has 5 heteroatoms. The highest BCUT2D eigenvalue weighted by Gasteiger charge is 2.20. The van der Waals surface area contributed by atoms with Gasteiger partial charge in [0.1, 0.15) is 11.4 Å². The van der Waals surface area contributed by atoms with Crippen LogP contribution >= 0.6 is 0 Å². The first-order valence-corrected chi connectivity index (χ1v) is 9.26. The minimum absolute atomic E-state index is 0.0931. The summed E-state index contributed by atoms with van der Waals surface area (Å²) in [6, 6.07) is 11.0. The Balaban J connectivity index is 1.79. The van der Waals surface area contributed by atoms with Crippen LogP contribution in [-0.4, -0.2) is 34.8 Å². The molecule has 26 heavy (non-hydrogen) atoms. The summed E-state index contributed by atoms with van der Waals surface area (Å²) in [4.78, 5) is 31.5. The van der Waals surface area contributed by atoms with Crippen molar-refractivity contribution < 1.29 is 9.59 Å². The fourth-order valence-electron chi connectivity index (χ4n) is 3.32.